The van der Waals surface area contributed by atoms with E-state index < -0.39 is 116 Å². The van der Waals surface area contributed by atoms with Gasteiger partial charge in [0.1, 0.15) is 48.9 Å². The summed E-state index contributed by atoms with van der Waals surface area (Å²) in [6, 6.07) is -5.80. The van der Waals surface area contributed by atoms with Crippen molar-refractivity contribution in [1.82, 2.24) is 14.9 Å². The van der Waals surface area contributed by atoms with E-state index in [9.17, 15) is 40.2 Å². The van der Waals surface area contributed by atoms with Crippen LogP contribution in [0.1, 0.15) is 31.9 Å². The summed E-state index contributed by atoms with van der Waals surface area (Å²) in [5.41, 5.74) is 36.3. The van der Waals surface area contributed by atoms with Gasteiger partial charge in [0.05, 0.1) is 42.9 Å². The van der Waals surface area contributed by atoms with Crippen LogP contribution in [0.5, 0.6) is 0 Å². The van der Waals surface area contributed by atoms with Gasteiger partial charge in [-0.05, 0) is 19.8 Å². The lowest BCUT2D eigenvalue weighted by atomic mass is 9.84. The van der Waals surface area contributed by atoms with E-state index in [2.05, 4.69) is 10.3 Å². The van der Waals surface area contributed by atoms with Crippen LogP contribution in [-0.2, 0) is 46.2 Å². The first-order chi connectivity index (χ1) is 24.0. The summed E-state index contributed by atoms with van der Waals surface area (Å²) in [4.78, 5) is 27.6. The van der Waals surface area contributed by atoms with Crippen LogP contribution in [0.2, 0.25) is 0 Å². The molecule has 3 fully saturated rings. The van der Waals surface area contributed by atoms with E-state index in [1.807, 2.05) is 0 Å². The number of aryl methyl sites for hydroxylation is 1. The highest BCUT2D eigenvalue weighted by Gasteiger charge is 2.50. The van der Waals surface area contributed by atoms with Gasteiger partial charge in [0.25, 0.3) is 0 Å². The van der Waals surface area contributed by atoms with Gasteiger partial charge in [-0.2, -0.15) is 0 Å². The largest absolute Gasteiger partial charge is 0.480 e. The molecule has 3 unspecified atom stereocenters. The minimum atomic E-state index is -1.56. The number of carboxylic acid groups (broad SMARTS) is 1. The van der Waals surface area contributed by atoms with Crippen molar-refractivity contribution in [2.24, 2.45) is 34.4 Å². The maximum absolute atomic E-state index is 11.8. The number of ether oxygens (including phenoxy) is 5. The number of aliphatic carboxylic acids is 1. The number of aliphatic hydroxyl groups excluding tert-OH is 5. The lowest BCUT2D eigenvalue weighted by Crippen LogP contribution is -2.68. The normalized spacial score (nSPS) is 39.2. The van der Waals surface area contributed by atoms with Crippen LogP contribution in [0.25, 0.3) is 0 Å². The Morgan fingerprint density at radius 3 is 2.25 bits per heavy atom. The molecule has 2 aliphatic heterocycles. The van der Waals surface area contributed by atoms with Crippen molar-refractivity contribution in [3.8, 4) is 0 Å². The number of hydrogen-bond donors (Lipinski definition) is 13. The Kier molecular flexibility index (Phi) is 14.6. The number of carbonyl (C=O) groups is 2. The molecule has 0 spiro atoms. The quantitative estimate of drug-likeness (QED) is 0.0744. The highest BCUT2D eigenvalue weighted by molar-refractivity contribution is 5.86. The van der Waals surface area contributed by atoms with E-state index in [0.717, 1.165) is 0 Å². The van der Waals surface area contributed by atoms with Crippen LogP contribution in [0.3, 0.4) is 0 Å². The molecule has 292 valence electrons. The van der Waals surface area contributed by atoms with Crippen molar-refractivity contribution in [3.05, 3.63) is 18.2 Å². The summed E-state index contributed by atoms with van der Waals surface area (Å²) in [7, 11) is 0. The second-order valence-electron chi connectivity index (χ2n) is 13.4. The standard InChI is InChI=1S/C29H53N9O13/c1-10(30)26(44)37-15(27(45)46)4-11-7-38(9-36-11)3-2-18(40)47-8-17-20(41)19(34)21(42)29(48-17)50-24-13(32)5-12(31)23(22(24)43)49-28-14(33)6-16(39)25(35)51-28/h7,9-10,12-25,28-29,39-43H,2-6,8,30-35H2,1H3,(H,37,44)(H,45,46)/t10?,12-,13+,14+,15?,16-,17+,18?,19-,20+,21+,22-,23+,24-,25-,28-,29+/m0/s1. The summed E-state index contributed by atoms with van der Waals surface area (Å²) >= 11 is 0. The zero-order valence-electron chi connectivity index (χ0n) is 28.1. The molecule has 0 bridgehead atoms. The van der Waals surface area contributed by atoms with Crippen LogP contribution in [0.4, 0.5) is 0 Å². The molecule has 19 N–H and O–H groups in total. The maximum Gasteiger partial charge on any atom is 0.326 e. The summed E-state index contributed by atoms with van der Waals surface area (Å²) in [6.07, 6.45) is -10.9. The number of nitrogens with zero attached hydrogens (tertiary/aromatic N) is 2. The summed E-state index contributed by atoms with van der Waals surface area (Å²) < 4.78 is 30.2. The zero-order chi connectivity index (χ0) is 37.7. The Hall–Kier alpha value is -2.49. The number of amides is 1. The Labute approximate surface area is 293 Å². The Balaban J connectivity index is 1.29. The number of hydrogen-bond acceptors (Lipinski definition) is 19. The number of rotatable bonds is 15. The van der Waals surface area contributed by atoms with Crippen LogP contribution in [0.15, 0.2) is 12.5 Å². The van der Waals surface area contributed by atoms with Crippen molar-refractivity contribution >= 4 is 11.9 Å². The average molecular weight is 736 g/mol. The van der Waals surface area contributed by atoms with Gasteiger partial charge in [0.2, 0.25) is 5.91 Å². The van der Waals surface area contributed by atoms with Gasteiger partial charge in [-0.1, -0.05) is 0 Å². The fourth-order valence-electron chi connectivity index (χ4n) is 6.06. The van der Waals surface area contributed by atoms with Crippen molar-refractivity contribution < 1.29 is 63.9 Å². The lowest BCUT2D eigenvalue weighted by Gasteiger charge is -2.47. The smallest absolute Gasteiger partial charge is 0.326 e. The van der Waals surface area contributed by atoms with Crippen molar-refractivity contribution in [1.29, 1.82) is 0 Å². The van der Waals surface area contributed by atoms with E-state index in [0.29, 0.717) is 5.69 Å². The van der Waals surface area contributed by atoms with Crippen molar-refractivity contribution in [2.45, 2.75) is 143 Å². The minimum Gasteiger partial charge on any atom is -0.480 e. The molecule has 51 heavy (non-hydrogen) atoms. The van der Waals surface area contributed by atoms with Crippen LogP contribution >= 0.6 is 0 Å². The molecule has 1 amide bonds. The number of nitrogens with one attached hydrogen (secondary N) is 1. The first-order valence-corrected chi connectivity index (χ1v) is 16.7. The zero-order valence-corrected chi connectivity index (χ0v) is 28.1. The van der Waals surface area contributed by atoms with E-state index >= 15 is 0 Å². The number of imidazole rings is 1. The van der Waals surface area contributed by atoms with Gasteiger partial charge in [-0.15, -0.1) is 0 Å². The Bertz CT molecular complexity index is 1280. The van der Waals surface area contributed by atoms with Crippen LogP contribution < -0.4 is 39.7 Å². The number of carboxylic acids is 1. The monoisotopic (exact) mass is 735 g/mol. The number of nitrogens with two attached hydrogens (primary N) is 6. The third-order valence-corrected chi connectivity index (χ3v) is 9.15. The Morgan fingerprint density at radius 2 is 1.63 bits per heavy atom. The molecule has 22 nitrogen and oxygen atoms in total. The molecule has 17 atom stereocenters. The van der Waals surface area contributed by atoms with E-state index in [1.165, 1.54) is 13.3 Å². The van der Waals surface area contributed by atoms with Gasteiger partial charge in [0, 0.05) is 37.7 Å². The molecule has 1 aromatic rings. The topological polar surface area (TPSA) is 388 Å². The fraction of sp³-hybridized carbons (Fsp3) is 0.828. The molecule has 1 aromatic heterocycles. The maximum atomic E-state index is 11.8. The number of aromatic nitrogens is 2. The first-order valence-electron chi connectivity index (χ1n) is 16.7. The van der Waals surface area contributed by atoms with Gasteiger partial charge < -0.3 is 98.6 Å². The van der Waals surface area contributed by atoms with Crippen molar-refractivity contribution in [2.75, 3.05) is 6.61 Å². The molecule has 0 radical (unpaired) electrons. The lowest BCUT2D eigenvalue weighted by molar-refractivity contribution is -0.319. The molecular formula is C29H53N9O13. The first kappa shape index (κ1) is 41.3. The number of carbonyl (C=O) groups excluding carboxylic acids is 1. The second kappa shape index (κ2) is 18.0. The van der Waals surface area contributed by atoms with E-state index in [4.69, 9.17) is 58.1 Å². The van der Waals surface area contributed by atoms with E-state index in [1.54, 1.807) is 10.8 Å². The second-order valence-corrected chi connectivity index (χ2v) is 13.4. The third kappa shape index (κ3) is 10.6. The van der Waals surface area contributed by atoms with Crippen LogP contribution in [-0.4, -0.2) is 163 Å². The molecule has 3 aliphatic rings. The average Bonchev–Trinajstić information content (AvgIpc) is 3.52. The summed E-state index contributed by atoms with van der Waals surface area (Å²) in [5.74, 6) is -1.87. The molecule has 3 heterocycles. The summed E-state index contributed by atoms with van der Waals surface area (Å²) in [5, 5.41) is 64.9. The summed E-state index contributed by atoms with van der Waals surface area (Å²) in [6.45, 7) is 1.25. The number of aliphatic hydroxyl groups is 5. The van der Waals surface area contributed by atoms with Crippen molar-refractivity contribution in [3.63, 3.8) is 0 Å². The SMILES string of the molecule is CC(N)C(=O)NC(Cc1cn(CCC(O)OC[C@H]2O[C@H](O[C@@H]3[C@@H](O)[C@H](O[C@H]4O[C@H](N)[C@@H](O)C[C@H]4N)[C@@H](N)C[C@H]3N)[C@H](O)[C@@H](N)[C@@H]2O)cn1)C(=O)O. The van der Waals surface area contributed by atoms with Gasteiger partial charge >= 0.3 is 5.97 Å². The molecule has 22 heteroatoms. The highest BCUT2D eigenvalue weighted by Crippen LogP contribution is 2.30. The Morgan fingerprint density at radius 1 is 0.980 bits per heavy atom. The molecule has 1 aliphatic carbocycles. The highest BCUT2D eigenvalue weighted by atomic mass is 16.7. The molecule has 2 saturated heterocycles. The van der Waals surface area contributed by atoms with Gasteiger partial charge in [-0.25, -0.2) is 9.78 Å². The van der Waals surface area contributed by atoms with Gasteiger partial charge in [0.15, 0.2) is 18.9 Å². The molecule has 0 aromatic carbocycles. The van der Waals surface area contributed by atoms with Crippen LogP contribution in [0, 0.1) is 0 Å². The molecular weight excluding hydrogens is 682 g/mol. The predicted molar refractivity (Wildman–Crippen MR) is 172 cm³/mol. The molecule has 4 rings (SSSR count). The minimum absolute atomic E-state index is 0.0417. The predicted octanol–water partition coefficient (Wildman–Crippen LogP) is -7.25. The van der Waals surface area contributed by atoms with E-state index in [-0.39, 0.29) is 38.8 Å². The van der Waals surface area contributed by atoms with Gasteiger partial charge in [-0.3, -0.25) is 4.79 Å². The molecule has 1 saturated carbocycles. The third-order valence-electron chi connectivity index (χ3n) is 9.15. The fourth-order valence-corrected chi connectivity index (χ4v) is 6.06.